The fourth-order valence-electron chi connectivity index (χ4n) is 4.51. The van der Waals surface area contributed by atoms with Gasteiger partial charge in [0.25, 0.3) is 0 Å². The Bertz CT molecular complexity index is 1610. The van der Waals surface area contributed by atoms with Crippen molar-refractivity contribution >= 4 is 60.1 Å². The molecule has 5 rings (SSSR count). The summed E-state index contributed by atoms with van der Waals surface area (Å²) in [5, 5.41) is 20.4. The topological polar surface area (TPSA) is 208 Å². The van der Waals surface area contributed by atoms with E-state index in [9.17, 15) is 19.9 Å². The Morgan fingerprint density at radius 2 is 1.92 bits per heavy atom. The zero-order valence-electron chi connectivity index (χ0n) is 20.4. The lowest BCUT2D eigenvalue weighted by Crippen LogP contribution is -2.29. The first kappa shape index (κ1) is 28.6. The van der Waals surface area contributed by atoms with Crippen molar-refractivity contribution in [2.24, 2.45) is 0 Å². The third-order valence-corrected chi connectivity index (χ3v) is 8.76. The molecule has 7 atom stereocenters. The second kappa shape index (κ2) is 11.1. The molecule has 212 valence electrons. The van der Waals surface area contributed by atoms with Gasteiger partial charge in [-0.05, 0) is 18.7 Å². The minimum Gasteiger partial charge on any atom is -0.394 e. The van der Waals surface area contributed by atoms with Crippen LogP contribution >= 0.6 is 31.2 Å². The normalized spacial score (nSPS) is 28.7. The summed E-state index contributed by atoms with van der Waals surface area (Å²) in [6.07, 6.45) is -1.67. The summed E-state index contributed by atoms with van der Waals surface area (Å²) in [5.41, 5.74) is 6.77. The van der Waals surface area contributed by atoms with Gasteiger partial charge in [0.15, 0.2) is 5.65 Å². The molecule has 7 N–H and O–H groups in total. The molecule has 0 spiro atoms. The molecular weight excluding hydrogens is 593 g/mol. The van der Waals surface area contributed by atoms with E-state index in [-0.39, 0.29) is 25.4 Å². The molecule has 0 amide bonds. The van der Waals surface area contributed by atoms with Crippen molar-refractivity contribution in [2.45, 2.75) is 56.6 Å². The average Bonchev–Trinajstić information content (AvgIpc) is 3.56. The standard InChI is InChI=1S/C20H26N7O8PS3/c1-8-4-26(20(30)25-17(8)37)14-3-10(11(5-28)33-14)35-36(31,39)32-6-12-9(29)2-13(34-12)27-7-22-15-16(27)23-19(21)24-18(15)38/h4,7,9-14,28-29H,2-3,5-6H2,1H3,(H,31,39)(H,25,30,37)(H3,21,23,24,38)/t9?,10?,11-,12-,13-,14-,36?/m1/s1. The monoisotopic (exact) mass is 619 g/mol. The number of imidazole rings is 1. The van der Waals surface area contributed by atoms with Crippen molar-refractivity contribution < 1.29 is 33.6 Å². The van der Waals surface area contributed by atoms with Gasteiger partial charge in [-0.2, -0.15) is 4.98 Å². The lowest BCUT2D eigenvalue weighted by molar-refractivity contribution is -0.0519. The Morgan fingerprint density at radius 3 is 2.67 bits per heavy atom. The van der Waals surface area contributed by atoms with Crippen LogP contribution in [0.3, 0.4) is 0 Å². The minimum absolute atomic E-state index is 0.105. The second-order valence-corrected chi connectivity index (χ2v) is 12.7. The van der Waals surface area contributed by atoms with E-state index >= 15 is 0 Å². The van der Waals surface area contributed by atoms with E-state index in [0.717, 1.165) is 0 Å². The molecule has 5 heterocycles. The molecule has 2 aliphatic heterocycles. The van der Waals surface area contributed by atoms with Crippen LogP contribution in [-0.4, -0.2) is 81.8 Å². The molecule has 2 fully saturated rings. The molecule has 19 heteroatoms. The second-order valence-electron chi connectivity index (χ2n) is 9.14. The molecule has 3 aromatic heterocycles. The number of ether oxygens (including phenoxy) is 2. The number of hydrogen-bond acceptors (Lipinski definition) is 13. The number of nitrogens with one attached hydrogen (secondary N) is 2. The summed E-state index contributed by atoms with van der Waals surface area (Å²) in [5.74, 6) is 0.112. The number of aromatic nitrogens is 6. The van der Waals surface area contributed by atoms with Gasteiger partial charge >= 0.3 is 12.4 Å². The number of nitrogen functional groups attached to an aromatic ring is 1. The van der Waals surface area contributed by atoms with Crippen molar-refractivity contribution in [3.63, 3.8) is 0 Å². The highest BCUT2D eigenvalue weighted by atomic mass is 32.5. The summed E-state index contributed by atoms with van der Waals surface area (Å²) in [6.45, 7) is -2.86. The molecule has 0 radical (unpaired) electrons. The zero-order valence-corrected chi connectivity index (χ0v) is 23.7. The van der Waals surface area contributed by atoms with Crippen LogP contribution in [0.15, 0.2) is 17.3 Å². The van der Waals surface area contributed by atoms with E-state index in [1.807, 2.05) is 0 Å². The lowest BCUT2D eigenvalue weighted by Gasteiger charge is -2.24. The van der Waals surface area contributed by atoms with E-state index in [1.165, 1.54) is 10.9 Å². The van der Waals surface area contributed by atoms with Gasteiger partial charge in [-0.15, -0.1) is 0 Å². The van der Waals surface area contributed by atoms with E-state index in [4.69, 9.17) is 60.5 Å². The van der Waals surface area contributed by atoms with Crippen LogP contribution in [0.1, 0.15) is 30.9 Å². The van der Waals surface area contributed by atoms with Crippen molar-refractivity contribution in [2.75, 3.05) is 18.9 Å². The highest BCUT2D eigenvalue weighted by Gasteiger charge is 2.42. The number of aromatic amines is 2. The maximum absolute atomic E-state index is 12.4. The summed E-state index contributed by atoms with van der Waals surface area (Å²) >= 11 is 15.5. The maximum Gasteiger partial charge on any atom is 0.328 e. The third-order valence-electron chi connectivity index (χ3n) is 6.45. The maximum atomic E-state index is 12.4. The van der Waals surface area contributed by atoms with Crippen LogP contribution in [0.25, 0.3) is 11.2 Å². The smallest absolute Gasteiger partial charge is 0.328 e. The molecule has 3 unspecified atom stereocenters. The number of nitrogens with zero attached hydrogens (tertiary/aromatic N) is 4. The summed E-state index contributed by atoms with van der Waals surface area (Å²) < 4.78 is 26.4. The number of aliphatic hydroxyl groups is 2. The number of nitrogens with two attached hydrogens (primary N) is 1. The largest absolute Gasteiger partial charge is 0.394 e. The van der Waals surface area contributed by atoms with Crippen LogP contribution in [0, 0.1) is 16.2 Å². The molecule has 39 heavy (non-hydrogen) atoms. The average molecular weight is 620 g/mol. The van der Waals surface area contributed by atoms with E-state index in [0.29, 0.717) is 26.0 Å². The van der Waals surface area contributed by atoms with Gasteiger partial charge in [0.05, 0.1) is 31.7 Å². The van der Waals surface area contributed by atoms with Crippen LogP contribution < -0.4 is 11.4 Å². The fourth-order valence-corrected chi connectivity index (χ4v) is 6.37. The van der Waals surface area contributed by atoms with Gasteiger partial charge in [-0.1, -0.05) is 24.4 Å². The first-order valence-corrected chi connectivity index (χ1v) is 15.2. The van der Waals surface area contributed by atoms with Crippen molar-refractivity contribution in [1.29, 1.82) is 0 Å². The fraction of sp³-hybridized carbons (Fsp3) is 0.550. The van der Waals surface area contributed by atoms with E-state index in [2.05, 4.69) is 19.9 Å². The summed E-state index contributed by atoms with van der Waals surface area (Å²) in [7, 11) is 0. The van der Waals surface area contributed by atoms with Gasteiger partial charge in [-0.25, -0.2) is 9.78 Å². The molecule has 0 aromatic carbocycles. The van der Waals surface area contributed by atoms with Crippen LogP contribution in [-0.2, 0) is 30.3 Å². The Balaban J connectivity index is 1.23. The Labute approximate surface area is 235 Å². The predicted octanol–water partition coefficient (Wildman–Crippen LogP) is 0.846. The van der Waals surface area contributed by atoms with E-state index < -0.39 is 55.9 Å². The molecule has 15 nitrogen and oxygen atoms in total. The Morgan fingerprint density at radius 1 is 1.21 bits per heavy atom. The number of aliphatic hydroxyl groups excluding tert-OH is 2. The first-order chi connectivity index (χ1) is 18.5. The number of hydrogen-bond donors (Lipinski definition) is 6. The molecule has 0 saturated carbocycles. The number of H-pyrrole nitrogens is 2. The molecule has 3 aromatic rings. The SMILES string of the molecule is Cc1cn([C@H]2CC(OP(O)(=S)OC[C@H]3O[C@@H](n4cnc5c(=S)[nH]c(N)nc54)CC3O)[C@@H](CO)O2)c(=O)[nH]c1=S. The molecular formula is C20H26N7O8PS3. The van der Waals surface area contributed by atoms with Crippen LogP contribution in [0.2, 0.25) is 0 Å². The number of anilines is 1. The molecule has 0 aliphatic carbocycles. The lowest BCUT2D eigenvalue weighted by atomic mass is 10.2. The molecule has 2 aliphatic rings. The van der Waals surface area contributed by atoms with Gasteiger partial charge in [0.1, 0.15) is 39.5 Å². The molecule has 0 bridgehead atoms. The van der Waals surface area contributed by atoms with E-state index in [1.54, 1.807) is 17.7 Å². The summed E-state index contributed by atoms with van der Waals surface area (Å²) in [6, 6.07) is 0. The van der Waals surface area contributed by atoms with Gasteiger partial charge in [-0.3, -0.25) is 14.1 Å². The van der Waals surface area contributed by atoms with Gasteiger partial charge in [0.2, 0.25) is 5.95 Å². The van der Waals surface area contributed by atoms with Crippen molar-refractivity contribution in [1.82, 2.24) is 29.1 Å². The number of rotatable bonds is 8. The quantitative estimate of drug-likeness (QED) is 0.153. The number of aryl methyl sites for hydroxylation is 1. The summed E-state index contributed by atoms with van der Waals surface area (Å²) in [4.78, 5) is 36.9. The van der Waals surface area contributed by atoms with Crippen molar-refractivity contribution in [3.05, 3.63) is 37.9 Å². The first-order valence-electron chi connectivity index (χ1n) is 11.8. The Hall–Kier alpha value is -1.96. The van der Waals surface area contributed by atoms with Crippen LogP contribution in [0.5, 0.6) is 0 Å². The minimum atomic E-state index is -3.88. The van der Waals surface area contributed by atoms with Crippen molar-refractivity contribution in [3.8, 4) is 0 Å². The Kier molecular flexibility index (Phi) is 8.16. The number of fused-ring (bicyclic) bond motifs is 1. The highest BCUT2D eigenvalue weighted by Crippen LogP contribution is 2.49. The van der Waals surface area contributed by atoms with Gasteiger partial charge in [0, 0.05) is 24.6 Å². The third kappa shape index (κ3) is 5.91. The predicted molar refractivity (Wildman–Crippen MR) is 145 cm³/mol. The van der Waals surface area contributed by atoms with Gasteiger partial charge < -0.3 is 44.3 Å². The van der Waals surface area contributed by atoms with Crippen LogP contribution in [0.4, 0.5) is 5.95 Å². The zero-order chi connectivity index (χ0) is 28.1. The highest BCUT2D eigenvalue weighted by molar-refractivity contribution is 8.07. The molecule has 2 saturated heterocycles.